The van der Waals surface area contributed by atoms with Gasteiger partial charge in [-0.15, -0.1) is 0 Å². The van der Waals surface area contributed by atoms with Crippen molar-refractivity contribution in [1.29, 1.82) is 0 Å². The van der Waals surface area contributed by atoms with Gasteiger partial charge in [-0.25, -0.2) is 9.18 Å². The zero-order valence-corrected chi connectivity index (χ0v) is 15.6. The number of carbonyl (C=O) groups excluding carboxylic acids is 2. The number of esters is 1. The topological polar surface area (TPSA) is 55.4 Å². The molecule has 1 unspecified atom stereocenters. The van der Waals surface area contributed by atoms with Crippen LogP contribution >= 0.6 is 0 Å². The molecule has 1 aliphatic heterocycles. The molecule has 138 valence electrons. The zero-order chi connectivity index (χ0) is 19.1. The van der Waals surface area contributed by atoms with Gasteiger partial charge in [0.2, 0.25) is 0 Å². The summed E-state index contributed by atoms with van der Waals surface area (Å²) in [5.41, 5.74) is 2.78. The number of ketones is 1. The Hall–Kier alpha value is -2.43. The van der Waals surface area contributed by atoms with E-state index in [1.54, 1.807) is 19.1 Å². The van der Waals surface area contributed by atoms with E-state index in [1.807, 2.05) is 20.8 Å². The summed E-state index contributed by atoms with van der Waals surface area (Å²) in [6.07, 6.45) is 1.48. The summed E-state index contributed by atoms with van der Waals surface area (Å²) in [6.45, 7) is 7.66. The van der Waals surface area contributed by atoms with E-state index in [-0.39, 0.29) is 18.2 Å². The van der Waals surface area contributed by atoms with Crippen molar-refractivity contribution in [3.63, 3.8) is 0 Å². The minimum atomic E-state index is -0.544. The Kier molecular flexibility index (Phi) is 4.74. The second-order valence-corrected chi connectivity index (χ2v) is 7.47. The predicted molar refractivity (Wildman–Crippen MR) is 96.7 cm³/mol. The van der Waals surface area contributed by atoms with Gasteiger partial charge in [0.05, 0.1) is 12.2 Å². The molecule has 4 nitrogen and oxygen atoms in total. The lowest BCUT2D eigenvalue weighted by molar-refractivity contribution is -0.138. The molecule has 0 aromatic heterocycles. The Morgan fingerprint density at radius 1 is 1.31 bits per heavy atom. The van der Waals surface area contributed by atoms with Crippen LogP contribution in [0.3, 0.4) is 0 Å². The highest BCUT2D eigenvalue weighted by Crippen LogP contribution is 2.46. The van der Waals surface area contributed by atoms with Crippen LogP contribution in [0.15, 0.2) is 46.8 Å². The number of dihydropyridines is 1. The van der Waals surface area contributed by atoms with E-state index >= 15 is 0 Å². The lowest BCUT2D eigenvalue weighted by Gasteiger charge is -2.39. The summed E-state index contributed by atoms with van der Waals surface area (Å²) in [7, 11) is 0. The van der Waals surface area contributed by atoms with E-state index in [9.17, 15) is 14.0 Å². The van der Waals surface area contributed by atoms with Crippen LogP contribution in [0.1, 0.15) is 52.0 Å². The molecule has 1 aromatic carbocycles. The molecule has 0 fully saturated rings. The lowest BCUT2D eigenvalue weighted by atomic mass is 9.67. The Morgan fingerprint density at radius 3 is 2.58 bits per heavy atom. The molecule has 2 aliphatic rings. The van der Waals surface area contributed by atoms with Crippen LogP contribution in [0.5, 0.6) is 0 Å². The largest absolute Gasteiger partial charge is 0.463 e. The van der Waals surface area contributed by atoms with Gasteiger partial charge in [-0.05, 0) is 44.4 Å². The number of benzene rings is 1. The number of halogens is 1. The molecular weight excluding hydrogens is 333 g/mol. The predicted octanol–water partition coefficient (Wildman–Crippen LogP) is 3.99. The molecule has 0 saturated heterocycles. The van der Waals surface area contributed by atoms with E-state index in [4.69, 9.17) is 4.74 Å². The maximum atomic E-state index is 13.4. The summed E-state index contributed by atoms with van der Waals surface area (Å²) >= 11 is 0. The summed E-state index contributed by atoms with van der Waals surface area (Å²) in [4.78, 5) is 25.9. The Morgan fingerprint density at radius 2 is 1.96 bits per heavy atom. The fourth-order valence-corrected chi connectivity index (χ4v) is 3.75. The molecule has 1 aromatic rings. The Labute approximate surface area is 153 Å². The number of allylic oxidation sites excluding steroid dienone is 3. The minimum Gasteiger partial charge on any atom is -0.463 e. The monoisotopic (exact) mass is 357 g/mol. The summed E-state index contributed by atoms with van der Waals surface area (Å²) in [5.74, 6) is -1.33. The molecule has 0 spiro atoms. The van der Waals surface area contributed by atoms with Gasteiger partial charge in [-0.1, -0.05) is 26.0 Å². The van der Waals surface area contributed by atoms with E-state index in [0.717, 1.165) is 18.5 Å². The van der Waals surface area contributed by atoms with Gasteiger partial charge in [0.25, 0.3) is 0 Å². The second kappa shape index (κ2) is 6.71. The number of rotatable bonds is 3. The molecule has 0 saturated carbocycles. The summed E-state index contributed by atoms with van der Waals surface area (Å²) in [5, 5.41) is 3.25. The Balaban J connectivity index is 2.18. The van der Waals surface area contributed by atoms with Crippen molar-refractivity contribution in [3.8, 4) is 0 Å². The molecule has 0 amide bonds. The third-order valence-corrected chi connectivity index (χ3v) is 5.20. The molecule has 26 heavy (non-hydrogen) atoms. The maximum Gasteiger partial charge on any atom is 0.336 e. The zero-order valence-electron chi connectivity index (χ0n) is 15.6. The first kappa shape index (κ1) is 18.4. The van der Waals surface area contributed by atoms with Gasteiger partial charge >= 0.3 is 5.97 Å². The van der Waals surface area contributed by atoms with Crippen LogP contribution < -0.4 is 5.32 Å². The molecule has 0 radical (unpaired) electrons. The first-order valence-corrected chi connectivity index (χ1v) is 8.94. The standard InChI is InChI=1S/C21H24FNO3/c1-5-26-20(25)16-12(2)23-15-10-11-21(3,4)19(24)18(15)17(16)13-6-8-14(22)9-7-13/h6-9,17,23H,5,10-11H2,1-4H3. The van der Waals surface area contributed by atoms with E-state index in [0.29, 0.717) is 22.4 Å². The van der Waals surface area contributed by atoms with Gasteiger partial charge in [0, 0.05) is 28.3 Å². The second-order valence-electron chi connectivity index (χ2n) is 7.47. The quantitative estimate of drug-likeness (QED) is 0.831. The van der Waals surface area contributed by atoms with Crippen LogP contribution in [0.2, 0.25) is 0 Å². The summed E-state index contributed by atoms with van der Waals surface area (Å²) in [6, 6.07) is 5.98. The van der Waals surface area contributed by atoms with Gasteiger partial charge in [-0.2, -0.15) is 0 Å². The summed E-state index contributed by atoms with van der Waals surface area (Å²) < 4.78 is 18.7. The first-order chi connectivity index (χ1) is 12.3. The van der Waals surface area contributed by atoms with Crippen LogP contribution in [0, 0.1) is 11.2 Å². The first-order valence-electron chi connectivity index (χ1n) is 8.94. The third kappa shape index (κ3) is 3.06. The molecule has 3 rings (SSSR count). The van der Waals surface area contributed by atoms with Crippen molar-refractivity contribution in [2.24, 2.45) is 5.41 Å². The van der Waals surface area contributed by atoms with E-state index in [2.05, 4.69) is 5.32 Å². The van der Waals surface area contributed by atoms with E-state index < -0.39 is 17.3 Å². The van der Waals surface area contributed by atoms with Gasteiger partial charge in [-0.3, -0.25) is 4.79 Å². The highest BCUT2D eigenvalue weighted by Gasteiger charge is 2.44. The van der Waals surface area contributed by atoms with Crippen molar-refractivity contribution in [2.75, 3.05) is 6.61 Å². The molecule has 5 heteroatoms. The van der Waals surface area contributed by atoms with Crippen molar-refractivity contribution >= 4 is 11.8 Å². The lowest BCUT2D eigenvalue weighted by Crippen LogP contribution is -2.40. The number of nitrogens with one attached hydrogen (secondary N) is 1. The Bertz CT molecular complexity index is 818. The highest BCUT2D eigenvalue weighted by atomic mass is 19.1. The number of ether oxygens (including phenoxy) is 1. The average Bonchev–Trinajstić information content (AvgIpc) is 2.58. The smallest absolute Gasteiger partial charge is 0.336 e. The SMILES string of the molecule is CCOC(=O)C1=C(C)NC2=C(C(=O)C(C)(C)CC2)C1c1ccc(F)cc1. The normalized spacial score (nSPS) is 22.0. The third-order valence-electron chi connectivity index (χ3n) is 5.20. The van der Waals surface area contributed by atoms with Crippen LogP contribution in [-0.2, 0) is 14.3 Å². The van der Waals surface area contributed by atoms with Gasteiger partial charge in [0.1, 0.15) is 5.82 Å². The number of hydrogen-bond donors (Lipinski definition) is 1. The van der Waals surface area contributed by atoms with Crippen LogP contribution in [-0.4, -0.2) is 18.4 Å². The van der Waals surface area contributed by atoms with Gasteiger partial charge < -0.3 is 10.1 Å². The highest BCUT2D eigenvalue weighted by molar-refractivity contribution is 6.06. The van der Waals surface area contributed by atoms with Crippen LogP contribution in [0.4, 0.5) is 4.39 Å². The minimum absolute atomic E-state index is 0.0230. The molecule has 1 atom stereocenters. The molecule has 1 aliphatic carbocycles. The molecule has 0 bridgehead atoms. The molecule has 1 heterocycles. The van der Waals surface area contributed by atoms with Crippen molar-refractivity contribution < 1.29 is 18.7 Å². The fourth-order valence-electron chi connectivity index (χ4n) is 3.75. The fraction of sp³-hybridized carbons (Fsp3) is 0.429. The molecule has 1 N–H and O–H groups in total. The van der Waals surface area contributed by atoms with Crippen LogP contribution in [0.25, 0.3) is 0 Å². The van der Waals surface area contributed by atoms with Crippen molar-refractivity contribution in [2.45, 2.75) is 46.5 Å². The number of carbonyl (C=O) groups is 2. The van der Waals surface area contributed by atoms with Crippen molar-refractivity contribution in [1.82, 2.24) is 5.32 Å². The average molecular weight is 357 g/mol. The van der Waals surface area contributed by atoms with Crippen molar-refractivity contribution in [3.05, 3.63) is 58.2 Å². The molecular formula is C21H24FNO3. The number of Topliss-reactive ketones (excluding diaryl/α,β-unsaturated/α-hetero) is 1. The van der Waals surface area contributed by atoms with E-state index in [1.165, 1.54) is 12.1 Å². The maximum absolute atomic E-state index is 13.4. The number of hydrogen-bond acceptors (Lipinski definition) is 4. The van der Waals surface area contributed by atoms with Gasteiger partial charge in [0.15, 0.2) is 5.78 Å².